The molecule has 4 rings (SSSR count). The van der Waals surface area contributed by atoms with Crippen LogP contribution in [0.25, 0.3) is 5.52 Å². The van der Waals surface area contributed by atoms with E-state index in [9.17, 15) is 5.26 Å². The van der Waals surface area contributed by atoms with Crippen molar-refractivity contribution >= 4 is 18.1 Å². The third kappa shape index (κ3) is 3.39. The number of benzene rings is 1. The molecule has 0 saturated carbocycles. The molecule has 2 aromatic heterocycles. The van der Waals surface area contributed by atoms with Crippen LogP contribution in [0.15, 0.2) is 48.8 Å². The Balaban J connectivity index is 1.76. The van der Waals surface area contributed by atoms with E-state index in [-0.39, 0.29) is 6.10 Å². The van der Waals surface area contributed by atoms with Crippen LogP contribution in [-0.4, -0.2) is 27.9 Å². The van der Waals surface area contributed by atoms with Gasteiger partial charge in [-0.1, -0.05) is 30.3 Å². The van der Waals surface area contributed by atoms with E-state index in [2.05, 4.69) is 11.2 Å². The lowest BCUT2D eigenvalue weighted by Crippen LogP contribution is -2.41. The van der Waals surface area contributed by atoms with Crippen LogP contribution in [-0.2, 0) is 9.31 Å². The SMILES string of the molecule is C[C@@H](Oc1cc(B2OC(C)(C)C(C)(C)O2)cn2ncc(C#N)c12)c1ccccc1. The first-order valence-corrected chi connectivity index (χ1v) is 9.70. The summed E-state index contributed by atoms with van der Waals surface area (Å²) < 4.78 is 20.3. The Morgan fingerprint density at radius 2 is 1.79 bits per heavy atom. The number of nitrogens with zero attached hydrogens (tertiary/aromatic N) is 3. The second-order valence-corrected chi connectivity index (χ2v) is 8.36. The molecule has 0 unspecified atom stereocenters. The highest BCUT2D eigenvalue weighted by Crippen LogP contribution is 2.37. The van der Waals surface area contributed by atoms with Gasteiger partial charge in [0.15, 0.2) is 0 Å². The van der Waals surface area contributed by atoms with Crippen LogP contribution < -0.4 is 10.2 Å². The molecule has 3 heterocycles. The second-order valence-electron chi connectivity index (χ2n) is 8.36. The summed E-state index contributed by atoms with van der Waals surface area (Å²) in [7, 11) is -0.548. The minimum Gasteiger partial charge on any atom is -0.484 e. The summed E-state index contributed by atoms with van der Waals surface area (Å²) in [5.74, 6) is 0.572. The van der Waals surface area contributed by atoms with Crippen molar-refractivity contribution in [3.8, 4) is 11.8 Å². The van der Waals surface area contributed by atoms with Gasteiger partial charge in [-0.15, -0.1) is 0 Å². The van der Waals surface area contributed by atoms with Crippen molar-refractivity contribution in [1.82, 2.24) is 9.61 Å². The predicted octanol–water partition coefficient (Wildman–Crippen LogP) is 3.65. The van der Waals surface area contributed by atoms with Gasteiger partial charge in [-0.3, -0.25) is 0 Å². The summed E-state index contributed by atoms with van der Waals surface area (Å²) in [5, 5.41) is 13.8. The zero-order valence-corrected chi connectivity index (χ0v) is 17.3. The van der Waals surface area contributed by atoms with Crippen LogP contribution in [0.5, 0.6) is 5.75 Å². The van der Waals surface area contributed by atoms with Gasteiger partial charge in [0, 0.05) is 11.7 Å². The standard InChI is InChI=1S/C22H24BN3O3/c1-15(16-9-7-6-8-10-16)27-19-11-18(14-26-20(19)17(12-24)13-25-26)23-28-21(2,3)22(4,5)29-23/h6-11,13-15H,1-5H3/t15-/m1/s1. The molecule has 1 aliphatic rings. The predicted molar refractivity (Wildman–Crippen MR) is 111 cm³/mol. The maximum atomic E-state index is 9.51. The number of hydrogen-bond donors (Lipinski definition) is 0. The molecule has 6 nitrogen and oxygen atoms in total. The van der Waals surface area contributed by atoms with E-state index in [1.54, 1.807) is 10.7 Å². The molecule has 0 aliphatic carbocycles. The lowest BCUT2D eigenvalue weighted by molar-refractivity contribution is 0.00578. The van der Waals surface area contributed by atoms with Gasteiger partial charge in [0.05, 0.1) is 17.4 Å². The average Bonchev–Trinajstić information content (AvgIpc) is 3.20. The summed E-state index contributed by atoms with van der Waals surface area (Å²) in [6.45, 7) is 10.0. The molecule has 148 valence electrons. The number of aromatic nitrogens is 2. The molecular weight excluding hydrogens is 365 g/mol. The fourth-order valence-electron chi connectivity index (χ4n) is 3.37. The normalized spacial score (nSPS) is 18.6. The quantitative estimate of drug-likeness (QED) is 0.638. The van der Waals surface area contributed by atoms with Gasteiger partial charge in [-0.05, 0) is 46.2 Å². The largest absolute Gasteiger partial charge is 0.496 e. The van der Waals surface area contributed by atoms with Crippen molar-refractivity contribution in [2.24, 2.45) is 0 Å². The van der Waals surface area contributed by atoms with Crippen LogP contribution in [0.3, 0.4) is 0 Å². The first-order valence-electron chi connectivity index (χ1n) is 9.70. The molecule has 1 aliphatic heterocycles. The Bertz CT molecular complexity index is 1070. The first kappa shape index (κ1) is 19.5. The molecule has 0 bridgehead atoms. The number of hydrogen-bond acceptors (Lipinski definition) is 5. The highest BCUT2D eigenvalue weighted by molar-refractivity contribution is 6.62. The Kier molecular flexibility index (Phi) is 4.64. The molecule has 3 aromatic rings. The van der Waals surface area contributed by atoms with Crippen molar-refractivity contribution in [1.29, 1.82) is 5.26 Å². The van der Waals surface area contributed by atoms with E-state index in [4.69, 9.17) is 14.0 Å². The Morgan fingerprint density at radius 3 is 2.41 bits per heavy atom. The number of fused-ring (bicyclic) bond motifs is 1. The van der Waals surface area contributed by atoms with Crippen LogP contribution in [0.1, 0.15) is 51.8 Å². The van der Waals surface area contributed by atoms with Crippen molar-refractivity contribution in [2.45, 2.75) is 51.9 Å². The van der Waals surface area contributed by atoms with E-state index in [1.165, 1.54) is 0 Å². The smallest absolute Gasteiger partial charge is 0.484 e. The van der Waals surface area contributed by atoms with Gasteiger partial charge < -0.3 is 14.0 Å². The maximum absolute atomic E-state index is 9.51. The van der Waals surface area contributed by atoms with Crippen LogP contribution in [0, 0.1) is 11.3 Å². The third-order valence-electron chi connectivity index (χ3n) is 5.82. The minimum atomic E-state index is -0.548. The summed E-state index contributed by atoms with van der Waals surface area (Å²) in [5.41, 5.74) is 2.03. The number of ether oxygens (including phenoxy) is 1. The highest BCUT2D eigenvalue weighted by atomic mass is 16.7. The molecule has 1 atom stereocenters. The lowest BCUT2D eigenvalue weighted by Gasteiger charge is -2.32. The number of pyridine rings is 1. The minimum absolute atomic E-state index is 0.199. The van der Waals surface area contributed by atoms with E-state index < -0.39 is 18.3 Å². The summed E-state index contributed by atoms with van der Waals surface area (Å²) in [4.78, 5) is 0. The van der Waals surface area contributed by atoms with E-state index >= 15 is 0 Å². The Labute approximate surface area is 171 Å². The molecule has 1 aromatic carbocycles. The second kappa shape index (κ2) is 6.91. The molecule has 1 fully saturated rings. The zero-order valence-electron chi connectivity index (χ0n) is 17.3. The Morgan fingerprint density at radius 1 is 1.14 bits per heavy atom. The van der Waals surface area contributed by atoms with Crippen LogP contribution in [0.4, 0.5) is 0 Å². The van der Waals surface area contributed by atoms with Crippen molar-refractivity contribution in [3.63, 3.8) is 0 Å². The maximum Gasteiger partial charge on any atom is 0.496 e. The van der Waals surface area contributed by atoms with Gasteiger partial charge in [-0.2, -0.15) is 10.4 Å². The Hall–Kier alpha value is -2.82. The van der Waals surface area contributed by atoms with Crippen LogP contribution in [0.2, 0.25) is 0 Å². The molecule has 0 N–H and O–H groups in total. The molecule has 29 heavy (non-hydrogen) atoms. The topological polar surface area (TPSA) is 68.8 Å². The van der Waals surface area contributed by atoms with Crippen molar-refractivity contribution in [3.05, 3.63) is 59.9 Å². The van der Waals surface area contributed by atoms with E-state index in [0.717, 1.165) is 11.0 Å². The van der Waals surface area contributed by atoms with Gasteiger partial charge in [-0.25, -0.2) is 4.52 Å². The van der Waals surface area contributed by atoms with Crippen molar-refractivity contribution < 1.29 is 14.0 Å². The molecule has 1 saturated heterocycles. The fraction of sp³-hybridized carbons (Fsp3) is 0.364. The van der Waals surface area contributed by atoms with Gasteiger partial charge in [0.25, 0.3) is 0 Å². The highest BCUT2D eigenvalue weighted by Gasteiger charge is 2.52. The monoisotopic (exact) mass is 389 g/mol. The van der Waals surface area contributed by atoms with Gasteiger partial charge >= 0.3 is 7.12 Å². The van der Waals surface area contributed by atoms with Gasteiger partial charge in [0.1, 0.15) is 29.0 Å². The molecule has 0 radical (unpaired) electrons. The summed E-state index contributed by atoms with van der Waals surface area (Å²) >= 11 is 0. The summed E-state index contributed by atoms with van der Waals surface area (Å²) in [6.07, 6.45) is 3.18. The lowest BCUT2D eigenvalue weighted by atomic mass is 9.80. The molecule has 7 heteroatoms. The molecule has 0 spiro atoms. The van der Waals surface area contributed by atoms with Crippen molar-refractivity contribution in [2.75, 3.05) is 0 Å². The first-order chi connectivity index (χ1) is 13.7. The van der Waals surface area contributed by atoms with E-state index in [0.29, 0.717) is 16.8 Å². The average molecular weight is 389 g/mol. The summed E-state index contributed by atoms with van der Waals surface area (Å²) in [6, 6.07) is 14.0. The molecular formula is C22H24BN3O3. The number of nitriles is 1. The molecule has 0 amide bonds. The fourth-order valence-corrected chi connectivity index (χ4v) is 3.37. The number of rotatable bonds is 4. The zero-order chi connectivity index (χ0) is 20.8. The third-order valence-corrected chi connectivity index (χ3v) is 5.82. The van der Waals surface area contributed by atoms with Gasteiger partial charge in [0.2, 0.25) is 0 Å². The van der Waals surface area contributed by atoms with E-state index in [1.807, 2.05) is 77.2 Å². The van der Waals surface area contributed by atoms with Crippen LogP contribution >= 0.6 is 0 Å².